The zero-order chi connectivity index (χ0) is 17.3. The van der Waals surface area contributed by atoms with Crippen LogP contribution in [0.5, 0.6) is 0 Å². The zero-order valence-corrected chi connectivity index (χ0v) is 15.3. The molecule has 0 amide bonds. The van der Waals surface area contributed by atoms with E-state index in [9.17, 15) is 4.79 Å². The summed E-state index contributed by atoms with van der Waals surface area (Å²) in [5.41, 5.74) is 3.31. The van der Waals surface area contributed by atoms with Gasteiger partial charge in [-0.25, -0.2) is 4.98 Å². The van der Waals surface area contributed by atoms with E-state index >= 15 is 0 Å². The van der Waals surface area contributed by atoms with Crippen LogP contribution in [0.2, 0.25) is 0 Å². The van der Waals surface area contributed by atoms with E-state index in [0.29, 0.717) is 0 Å². The number of nitrogens with zero attached hydrogens (tertiary/aromatic N) is 2. The minimum atomic E-state index is -0.170. The summed E-state index contributed by atoms with van der Waals surface area (Å²) in [6.07, 6.45) is 3.56. The Kier molecular flexibility index (Phi) is 4.50. The van der Waals surface area contributed by atoms with Crippen molar-refractivity contribution in [3.05, 3.63) is 66.0 Å². The van der Waals surface area contributed by atoms with E-state index in [4.69, 9.17) is 0 Å². The number of hydrogen-bond acceptors (Lipinski definition) is 4. The fraction of sp³-hybridized carbons (Fsp3) is 0.300. The van der Waals surface area contributed by atoms with E-state index in [1.165, 1.54) is 23.0 Å². The number of ketones is 1. The summed E-state index contributed by atoms with van der Waals surface area (Å²) in [4.78, 5) is 19.2. The molecule has 0 radical (unpaired) electrons. The maximum atomic E-state index is 12.7. The van der Waals surface area contributed by atoms with Gasteiger partial charge in [0.15, 0.2) is 5.78 Å². The maximum absolute atomic E-state index is 12.7. The number of aromatic nitrogens is 1. The first-order valence-corrected chi connectivity index (χ1v) is 8.96. The second kappa shape index (κ2) is 6.44. The Morgan fingerprint density at radius 1 is 1.21 bits per heavy atom. The first-order chi connectivity index (χ1) is 11.4. The lowest BCUT2D eigenvalue weighted by Gasteiger charge is -2.24. The molecular formula is C20H22N2OS. The highest BCUT2D eigenvalue weighted by molar-refractivity contribution is 8.00. The number of benzene rings is 1. The third-order valence-electron chi connectivity index (χ3n) is 4.56. The summed E-state index contributed by atoms with van der Waals surface area (Å²) < 4.78 is 0. The average Bonchev–Trinajstić information content (AvgIpc) is 2.77. The van der Waals surface area contributed by atoms with Gasteiger partial charge in [-0.05, 0) is 30.7 Å². The van der Waals surface area contributed by atoms with Gasteiger partial charge in [0, 0.05) is 36.1 Å². The monoisotopic (exact) mass is 338 g/mol. The number of anilines is 1. The smallest absolute Gasteiger partial charge is 0.170 e. The van der Waals surface area contributed by atoms with Crippen LogP contribution in [0.4, 0.5) is 5.69 Å². The number of carbonyl (C=O) groups is 1. The lowest BCUT2D eigenvalue weighted by atomic mass is 9.83. The SMILES string of the molecule is CC(Sc1ccccn1)C(=O)C=C1N(C)c2ccccc2C1(C)C. The normalized spacial score (nSPS) is 18.5. The van der Waals surface area contributed by atoms with Gasteiger partial charge >= 0.3 is 0 Å². The predicted molar refractivity (Wildman–Crippen MR) is 101 cm³/mol. The molecule has 1 atom stereocenters. The molecule has 1 aliphatic heterocycles. The molecule has 24 heavy (non-hydrogen) atoms. The van der Waals surface area contributed by atoms with Crippen LogP contribution < -0.4 is 4.90 Å². The molecule has 1 aliphatic rings. The summed E-state index contributed by atoms with van der Waals surface area (Å²) in [6, 6.07) is 14.1. The van der Waals surface area contributed by atoms with Crippen LogP contribution in [0.1, 0.15) is 26.3 Å². The van der Waals surface area contributed by atoms with Crippen molar-refractivity contribution in [1.82, 2.24) is 4.98 Å². The molecule has 0 saturated carbocycles. The van der Waals surface area contributed by atoms with Crippen LogP contribution in [-0.4, -0.2) is 23.1 Å². The Morgan fingerprint density at radius 3 is 2.58 bits per heavy atom. The van der Waals surface area contributed by atoms with Crippen molar-refractivity contribution in [3.63, 3.8) is 0 Å². The molecule has 2 aromatic rings. The first-order valence-electron chi connectivity index (χ1n) is 8.08. The molecule has 3 rings (SSSR count). The van der Waals surface area contributed by atoms with E-state index in [2.05, 4.69) is 41.9 Å². The van der Waals surface area contributed by atoms with Gasteiger partial charge in [0.2, 0.25) is 0 Å². The van der Waals surface area contributed by atoms with Crippen LogP contribution in [0.25, 0.3) is 0 Å². The Bertz CT molecular complexity index is 783. The van der Waals surface area contributed by atoms with Crippen LogP contribution >= 0.6 is 11.8 Å². The maximum Gasteiger partial charge on any atom is 0.170 e. The summed E-state index contributed by atoms with van der Waals surface area (Å²) in [6.45, 7) is 6.28. The molecule has 1 aromatic heterocycles. The molecule has 0 saturated heterocycles. The molecule has 0 aliphatic carbocycles. The topological polar surface area (TPSA) is 33.2 Å². The van der Waals surface area contributed by atoms with E-state index < -0.39 is 0 Å². The summed E-state index contributed by atoms with van der Waals surface area (Å²) in [5, 5.41) is 0.708. The molecule has 0 bridgehead atoms. The fourth-order valence-corrected chi connectivity index (χ4v) is 3.99. The quantitative estimate of drug-likeness (QED) is 0.609. The number of fused-ring (bicyclic) bond motifs is 1. The molecule has 1 unspecified atom stereocenters. The zero-order valence-electron chi connectivity index (χ0n) is 14.5. The molecule has 124 valence electrons. The largest absolute Gasteiger partial charge is 0.347 e. The standard InChI is InChI=1S/C20H22N2OS/c1-14(24-19-11-7-8-12-21-19)17(23)13-18-20(2,3)15-9-5-6-10-16(15)22(18)4/h5-14H,1-4H3. The molecule has 3 nitrogen and oxygen atoms in total. The number of allylic oxidation sites excluding steroid dienone is 2. The van der Waals surface area contributed by atoms with E-state index in [0.717, 1.165) is 10.7 Å². The van der Waals surface area contributed by atoms with E-state index in [1.54, 1.807) is 12.3 Å². The Labute approximate surface area is 147 Å². The van der Waals surface area contributed by atoms with Crippen LogP contribution in [-0.2, 0) is 10.2 Å². The number of likely N-dealkylation sites (N-methyl/N-ethyl adjacent to an activating group) is 1. The van der Waals surface area contributed by atoms with Crippen molar-refractivity contribution in [2.24, 2.45) is 0 Å². The van der Waals surface area contributed by atoms with Gasteiger partial charge < -0.3 is 4.90 Å². The molecule has 0 N–H and O–H groups in total. The first kappa shape index (κ1) is 16.8. The number of para-hydroxylation sites is 1. The highest BCUT2D eigenvalue weighted by Crippen LogP contribution is 2.46. The summed E-state index contributed by atoms with van der Waals surface area (Å²) in [5.74, 6) is 0.119. The number of carbonyl (C=O) groups excluding carboxylic acids is 1. The van der Waals surface area contributed by atoms with Crippen molar-refractivity contribution in [2.45, 2.75) is 36.5 Å². The Hall–Kier alpha value is -2.07. The molecular weight excluding hydrogens is 316 g/mol. The minimum absolute atomic E-state index is 0.119. The van der Waals surface area contributed by atoms with Crippen molar-refractivity contribution >= 4 is 23.2 Å². The molecule has 1 aromatic carbocycles. The Balaban J connectivity index is 1.84. The van der Waals surface area contributed by atoms with Crippen LogP contribution in [0, 0.1) is 0 Å². The fourth-order valence-electron chi connectivity index (χ4n) is 3.17. The number of hydrogen-bond donors (Lipinski definition) is 0. The minimum Gasteiger partial charge on any atom is -0.347 e. The van der Waals surface area contributed by atoms with Crippen molar-refractivity contribution < 1.29 is 4.79 Å². The van der Waals surface area contributed by atoms with Gasteiger partial charge in [0.1, 0.15) is 0 Å². The number of thioether (sulfide) groups is 1. The van der Waals surface area contributed by atoms with Crippen molar-refractivity contribution in [2.75, 3.05) is 11.9 Å². The summed E-state index contributed by atoms with van der Waals surface area (Å²) >= 11 is 1.50. The van der Waals surface area contributed by atoms with Gasteiger partial charge in [-0.3, -0.25) is 4.79 Å². The van der Waals surface area contributed by atoms with Crippen LogP contribution in [0.15, 0.2) is 65.5 Å². The van der Waals surface area contributed by atoms with Gasteiger partial charge in [-0.15, -0.1) is 0 Å². The van der Waals surface area contributed by atoms with Gasteiger partial charge in [-0.1, -0.05) is 49.9 Å². The van der Waals surface area contributed by atoms with Crippen LogP contribution in [0.3, 0.4) is 0 Å². The van der Waals surface area contributed by atoms with E-state index in [-0.39, 0.29) is 16.4 Å². The summed E-state index contributed by atoms with van der Waals surface area (Å²) in [7, 11) is 2.03. The lowest BCUT2D eigenvalue weighted by molar-refractivity contribution is -0.113. The molecule has 4 heteroatoms. The van der Waals surface area contributed by atoms with Crippen molar-refractivity contribution in [3.8, 4) is 0 Å². The highest BCUT2D eigenvalue weighted by Gasteiger charge is 2.38. The van der Waals surface area contributed by atoms with E-state index in [1.807, 2.05) is 38.2 Å². The third-order valence-corrected chi connectivity index (χ3v) is 5.62. The highest BCUT2D eigenvalue weighted by atomic mass is 32.2. The lowest BCUT2D eigenvalue weighted by Crippen LogP contribution is -2.25. The molecule has 0 fully saturated rings. The average molecular weight is 338 g/mol. The number of pyridine rings is 1. The Morgan fingerprint density at radius 2 is 1.92 bits per heavy atom. The molecule has 2 heterocycles. The predicted octanol–water partition coefficient (Wildman–Crippen LogP) is 4.44. The molecule has 0 spiro atoms. The van der Waals surface area contributed by atoms with Gasteiger partial charge in [-0.2, -0.15) is 0 Å². The second-order valence-electron chi connectivity index (χ2n) is 6.56. The van der Waals surface area contributed by atoms with Gasteiger partial charge in [0.25, 0.3) is 0 Å². The number of rotatable bonds is 4. The second-order valence-corrected chi connectivity index (χ2v) is 7.92. The third kappa shape index (κ3) is 2.98. The van der Waals surface area contributed by atoms with Gasteiger partial charge in [0.05, 0.1) is 10.3 Å². The van der Waals surface area contributed by atoms with Crippen molar-refractivity contribution in [1.29, 1.82) is 0 Å².